The van der Waals surface area contributed by atoms with Crippen LogP contribution in [0.1, 0.15) is 112 Å². The van der Waals surface area contributed by atoms with E-state index in [4.69, 9.17) is 36.1 Å². The van der Waals surface area contributed by atoms with E-state index in [-0.39, 0.29) is 81.5 Å². The average molecular weight is 1690 g/mol. The van der Waals surface area contributed by atoms with Gasteiger partial charge in [-0.2, -0.15) is 39.5 Å². The van der Waals surface area contributed by atoms with E-state index in [0.717, 1.165) is 50.4 Å². The minimum atomic E-state index is -6.12. The van der Waals surface area contributed by atoms with Gasteiger partial charge >= 0.3 is 42.4 Å². The first-order chi connectivity index (χ1) is 57.1. The van der Waals surface area contributed by atoms with Crippen LogP contribution in [0.3, 0.4) is 0 Å². The van der Waals surface area contributed by atoms with E-state index >= 15 is 26.3 Å². The van der Waals surface area contributed by atoms with Crippen LogP contribution in [0, 0.1) is 0 Å². The van der Waals surface area contributed by atoms with Crippen molar-refractivity contribution in [3.63, 3.8) is 0 Å². The van der Waals surface area contributed by atoms with Gasteiger partial charge in [0.05, 0.1) is 69.8 Å². The first-order valence-corrected chi connectivity index (χ1v) is 38.4. The molecule has 0 radical (unpaired) electrons. The Hall–Kier alpha value is -14.9. The minimum absolute atomic E-state index is 0.0726. The second-order valence-corrected chi connectivity index (χ2v) is 31.3. The minimum Gasteiger partial charge on any atom is -0.457 e. The van der Waals surface area contributed by atoms with Gasteiger partial charge in [0.15, 0.2) is 0 Å². The van der Waals surface area contributed by atoms with Crippen LogP contribution in [0.25, 0.3) is 0 Å². The summed E-state index contributed by atoms with van der Waals surface area (Å²) in [7, 11) is -6.76. The van der Waals surface area contributed by atoms with Crippen LogP contribution in [0.4, 0.5) is 62.3 Å². The van der Waals surface area contributed by atoms with Gasteiger partial charge in [-0.05, 0) is 223 Å². The lowest BCUT2D eigenvalue weighted by Gasteiger charge is -2.38. The van der Waals surface area contributed by atoms with Crippen molar-refractivity contribution in [1.29, 1.82) is 0 Å². The van der Waals surface area contributed by atoms with Crippen molar-refractivity contribution < 1.29 is 123 Å². The van der Waals surface area contributed by atoms with Gasteiger partial charge in [0.1, 0.15) is 51.4 Å². The van der Waals surface area contributed by atoms with Crippen LogP contribution >= 0.6 is 0 Å². The molecule has 4 amide bonds. The largest absolute Gasteiger partial charge is 0.457 e. The first kappa shape index (κ1) is 82.6. The summed E-state index contributed by atoms with van der Waals surface area (Å²) in [6.45, 7) is 0.876. The Balaban J connectivity index is 0.000000168. The molecule has 612 valence electrons. The maximum Gasteiger partial charge on any atom is 0.411 e. The molecule has 0 saturated carbocycles. The standard InChI is InChI=1S/C44H27F6N3O8S.C24H20N2O4S.C19H9F3O6/c1-52-38(54)34-17-11-24(19-36(34)39(52)55)42(43(45,46)47,44(48,49)50)25-12-18-35-37(20-25)41(57)53(40(35)56)27-13-15-28(16-14-27)60-30-7-3-9-32(22-30)62(58,59)33-10-4-8-31(23-33)61-29-6-2-5-26(51)21-29;25-17-3-1-5-21(15-17)29-19-7-11-23(12-8-19)31(27,28)24-13-9-20(10-14-24)30-22-6-2-4-18(26)16-22;1-18(19(20,21)22,8-2-4-10-12(6-8)16(25)27-14(10)23)9-3-5-11-13(7-9)17(26)28-15(11)24/h2-23H,51H2,1H3;1-16H,25-26H2;2-7H,1H3. The van der Waals surface area contributed by atoms with Gasteiger partial charge in [-0.15, -0.1) is 0 Å². The molecule has 4 aliphatic rings. The highest BCUT2D eigenvalue weighted by Gasteiger charge is 2.73. The zero-order valence-electron chi connectivity index (χ0n) is 62.1. The number of nitrogens with zero attached hydrogens (tertiary/aromatic N) is 2. The predicted octanol–water partition coefficient (Wildman–Crippen LogP) is 17.6. The summed E-state index contributed by atoms with van der Waals surface area (Å²) in [5.74, 6) is -5.24. The summed E-state index contributed by atoms with van der Waals surface area (Å²) in [5.41, 5.74) is 4.71. The summed E-state index contributed by atoms with van der Waals surface area (Å²) in [5, 5.41) is 0. The molecule has 4 aliphatic heterocycles. The Morgan fingerprint density at radius 1 is 0.298 bits per heavy atom. The van der Waals surface area contributed by atoms with E-state index in [1.165, 1.54) is 91.0 Å². The van der Waals surface area contributed by atoms with Gasteiger partial charge in [-0.1, -0.05) is 54.6 Å². The van der Waals surface area contributed by atoms with Gasteiger partial charge in [-0.25, -0.2) is 40.9 Å². The van der Waals surface area contributed by atoms with Gasteiger partial charge in [0.25, 0.3) is 23.6 Å². The number of anilines is 4. The van der Waals surface area contributed by atoms with Crippen molar-refractivity contribution >= 4 is 89.9 Å². The number of halogens is 9. The van der Waals surface area contributed by atoms with E-state index in [9.17, 15) is 68.4 Å². The van der Waals surface area contributed by atoms with Crippen molar-refractivity contribution in [3.8, 4) is 46.0 Å². The number of esters is 4. The molecule has 121 heavy (non-hydrogen) atoms. The second kappa shape index (κ2) is 31.2. The molecule has 0 saturated heterocycles. The number of rotatable bonds is 17. The Morgan fingerprint density at radius 3 is 0.975 bits per heavy atom. The molecule has 0 atom stereocenters. The van der Waals surface area contributed by atoms with Crippen LogP contribution in [0.5, 0.6) is 46.0 Å². The molecule has 0 fully saturated rings. The summed E-state index contributed by atoms with van der Waals surface area (Å²) >= 11 is 0. The number of amides is 4. The van der Waals surface area contributed by atoms with Crippen molar-refractivity contribution in [2.75, 3.05) is 29.1 Å². The number of hydrogen-bond acceptors (Lipinski definition) is 21. The van der Waals surface area contributed by atoms with Crippen LogP contribution in [0.2, 0.25) is 0 Å². The van der Waals surface area contributed by atoms with Crippen molar-refractivity contribution in [2.45, 2.75) is 55.9 Å². The molecule has 0 aliphatic carbocycles. The molecule has 12 aromatic carbocycles. The zero-order valence-corrected chi connectivity index (χ0v) is 63.7. The van der Waals surface area contributed by atoms with Gasteiger partial charge < -0.3 is 45.6 Å². The van der Waals surface area contributed by atoms with Crippen molar-refractivity contribution in [1.82, 2.24) is 4.90 Å². The number of carbonyl (C=O) groups excluding carboxylic acids is 8. The summed E-state index contributed by atoms with van der Waals surface area (Å²) < 4.78 is 218. The summed E-state index contributed by atoms with van der Waals surface area (Å²) in [6, 6.07) is 58.7. The van der Waals surface area contributed by atoms with Crippen LogP contribution in [0.15, 0.2) is 287 Å². The fourth-order valence-corrected chi connectivity index (χ4v) is 16.2. The van der Waals surface area contributed by atoms with Crippen LogP contribution in [-0.2, 0) is 40.0 Å². The van der Waals surface area contributed by atoms with E-state index in [1.54, 1.807) is 103 Å². The third kappa shape index (κ3) is 15.5. The number of carbonyl (C=O) groups is 8. The normalized spacial score (nSPS) is 13.9. The van der Waals surface area contributed by atoms with E-state index < -0.39 is 124 Å². The topological polar surface area (TPSA) is 345 Å². The predicted molar refractivity (Wildman–Crippen MR) is 414 cm³/mol. The number of hydrogen-bond donors (Lipinski definition) is 3. The van der Waals surface area contributed by atoms with Gasteiger partial charge in [0.2, 0.25) is 25.1 Å². The lowest BCUT2D eigenvalue weighted by Crippen LogP contribution is -2.55. The third-order valence-corrected chi connectivity index (χ3v) is 23.4. The highest BCUT2D eigenvalue weighted by atomic mass is 32.2. The smallest absolute Gasteiger partial charge is 0.411 e. The first-order valence-electron chi connectivity index (χ1n) is 35.5. The van der Waals surface area contributed by atoms with E-state index in [1.807, 2.05) is 0 Å². The molecular weight excluding hydrogens is 1640 g/mol. The average Bonchev–Trinajstić information content (AvgIpc) is 1.69. The summed E-state index contributed by atoms with van der Waals surface area (Å²) in [4.78, 5) is 100. The number of cyclic esters (lactones) is 4. The summed E-state index contributed by atoms with van der Waals surface area (Å²) in [6.07, 6.45) is -17.1. The molecule has 0 aromatic heterocycles. The van der Waals surface area contributed by atoms with Crippen molar-refractivity contribution in [3.05, 3.63) is 334 Å². The number of fused-ring (bicyclic) bond motifs is 4. The van der Waals surface area contributed by atoms with Gasteiger partial charge in [-0.3, -0.25) is 24.1 Å². The van der Waals surface area contributed by atoms with Crippen LogP contribution in [-0.4, -0.2) is 94.8 Å². The third-order valence-electron chi connectivity index (χ3n) is 19.8. The molecule has 0 unspecified atom stereocenters. The highest BCUT2D eigenvalue weighted by Crippen LogP contribution is 2.58. The molecule has 16 rings (SSSR count). The molecule has 34 heteroatoms. The maximum absolute atomic E-state index is 15.1. The zero-order chi connectivity index (χ0) is 86.8. The number of benzene rings is 12. The monoisotopic (exact) mass is 1690 g/mol. The fourth-order valence-electron chi connectivity index (χ4n) is 13.6. The lowest BCUT2D eigenvalue weighted by atomic mass is 9.71. The number of alkyl halides is 9. The highest BCUT2D eigenvalue weighted by molar-refractivity contribution is 7.91. The molecule has 23 nitrogen and oxygen atoms in total. The number of imide groups is 2. The van der Waals surface area contributed by atoms with Gasteiger partial charge in [0, 0.05) is 42.3 Å². The quantitative estimate of drug-likeness (QED) is 0.0251. The SMILES string of the molecule is CC(c1ccc2c(c1)C(=O)OC2=O)(c1ccc2c(c1)C(=O)OC2=O)C(F)(F)F.CN1C(=O)c2ccc(C(c3ccc4c(c3)C(=O)N(c3ccc(Oc5cccc(S(=O)(=O)c6cccc(Oc7cccc(N)c7)c6)c5)cc3)C4=O)(C(F)(F)F)C(F)(F)F)cc2C1=O.Nc1cccc(Oc2ccc(S(=O)(=O)c3ccc(Oc4cccc(N)c4)cc3)cc2)c1. The molecule has 0 spiro atoms. The Morgan fingerprint density at radius 2 is 0.595 bits per heavy atom. The van der Waals surface area contributed by atoms with Crippen molar-refractivity contribution in [2.24, 2.45) is 0 Å². The molecule has 0 bridgehead atoms. The molecule has 6 N–H and O–H groups in total. The Labute approximate surface area is 679 Å². The molecule has 4 heterocycles. The van der Waals surface area contributed by atoms with Crippen LogP contribution < -0.4 is 41.0 Å². The lowest BCUT2D eigenvalue weighted by molar-refractivity contribution is -0.288. The number of nitrogen functional groups attached to an aromatic ring is 3. The molecular formula is C87H56F9N5O18S2. The Kier molecular flexibility index (Phi) is 21.3. The fraction of sp³-hybridized carbons (Fsp3) is 0.0805. The Bertz CT molecular complexity index is 6380. The number of ether oxygens (including phenoxy) is 6. The van der Waals surface area contributed by atoms with E-state index in [0.29, 0.717) is 92.0 Å². The maximum atomic E-state index is 15.1. The number of nitrogens with two attached hydrogens (primary N) is 3. The molecule has 12 aromatic rings. The second-order valence-electron chi connectivity index (χ2n) is 27.4. The van der Waals surface area contributed by atoms with E-state index in [2.05, 4.69) is 9.47 Å². The number of sulfone groups is 2.